The molecule has 0 aromatic carbocycles. The third-order valence-electron chi connectivity index (χ3n) is 4.03. The molecule has 0 aliphatic rings. The molecule has 0 bridgehead atoms. The number of hydrogen-bond donors (Lipinski definition) is 2. The Morgan fingerprint density at radius 1 is 1.19 bits per heavy atom. The molecule has 3 amide bonds. The van der Waals surface area contributed by atoms with Crippen molar-refractivity contribution in [3.8, 4) is 0 Å². The van der Waals surface area contributed by atoms with Gasteiger partial charge < -0.3 is 20.6 Å². The Balaban J connectivity index is 5.54. The highest BCUT2D eigenvalue weighted by molar-refractivity contribution is 5.91. The Kier molecular flexibility index (Phi) is 9.19. The summed E-state index contributed by atoms with van der Waals surface area (Å²) < 4.78 is 0. The maximum atomic E-state index is 12.9. The average Bonchev–Trinajstić information content (AvgIpc) is 2.50. The van der Waals surface area contributed by atoms with E-state index in [2.05, 4.69) is 0 Å². The van der Waals surface area contributed by atoms with Crippen LogP contribution in [0.3, 0.4) is 0 Å². The van der Waals surface area contributed by atoms with E-state index in [1.165, 1.54) is 32.8 Å². The van der Waals surface area contributed by atoms with Crippen molar-refractivity contribution in [2.45, 2.75) is 64.1 Å². The lowest BCUT2D eigenvalue weighted by Crippen LogP contribution is -2.55. The van der Waals surface area contributed by atoms with Crippen molar-refractivity contribution in [2.75, 3.05) is 20.6 Å². The Bertz CT molecular complexity index is 531. The smallest absolute Gasteiger partial charge is 0.246 e. The molecule has 3 N–H and O–H groups in total. The second-order valence-corrected chi connectivity index (χ2v) is 7.00. The van der Waals surface area contributed by atoms with E-state index in [0.29, 0.717) is 6.42 Å². The van der Waals surface area contributed by atoms with Crippen molar-refractivity contribution in [2.24, 2.45) is 5.73 Å². The van der Waals surface area contributed by atoms with Crippen molar-refractivity contribution in [3.05, 3.63) is 10.1 Å². The van der Waals surface area contributed by atoms with E-state index in [9.17, 15) is 29.6 Å². The van der Waals surface area contributed by atoms with Gasteiger partial charge in [0.1, 0.15) is 12.1 Å². The monoisotopic (exact) mass is 374 g/mol. The first-order valence-electron chi connectivity index (χ1n) is 8.47. The van der Waals surface area contributed by atoms with Crippen molar-refractivity contribution in [1.82, 2.24) is 9.80 Å². The second-order valence-electron chi connectivity index (χ2n) is 7.00. The zero-order valence-electron chi connectivity index (χ0n) is 16.1. The van der Waals surface area contributed by atoms with Crippen LogP contribution in [-0.4, -0.2) is 75.9 Å². The number of carbonyl (C=O) groups excluding carboxylic acids is 3. The molecule has 0 aliphatic carbocycles. The SMILES string of the molecule is CCCC(=O)N(C)C(CC[N+](=O)[O-])C(=O)N(C)[C@@H](CC(C)(C)O)C(N)=O. The zero-order chi connectivity index (χ0) is 20.7. The number of rotatable bonds is 11. The van der Waals surface area contributed by atoms with E-state index < -0.39 is 41.0 Å². The lowest BCUT2D eigenvalue weighted by Gasteiger charge is -2.35. The predicted molar refractivity (Wildman–Crippen MR) is 94.6 cm³/mol. The number of carbonyl (C=O) groups is 3. The van der Waals surface area contributed by atoms with E-state index >= 15 is 0 Å². The minimum atomic E-state index is -1.26. The van der Waals surface area contributed by atoms with Crippen LogP contribution in [-0.2, 0) is 14.4 Å². The molecule has 0 radical (unpaired) electrons. The molecule has 0 aliphatic heterocycles. The van der Waals surface area contributed by atoms with Crippen LogP contribution >= 0.6 is 0 Å². The molecule has 0 saturated carbocycles. The molecule has 1 unspecified atom stereocenters. The molecule has 2 atom stereocenters. The summed E-state index contributed by atoms with van der Waals surface area (Å²) in [5.74, 6) is -1.76. The largest absolute Gasteiger partial charge is 0.390 e. The molecule has 0 aromatic rings. The molecule has 10 heteroatoms. The first-order chi connectivity index (χ1) is 11.8. The highest BCUT2D eigenvalue weighted by Gasteiger charge is 2.36. The summed E-state index contributed by atoms with van der Waals surface area (Å²) in [5.41, 5.74) is 4.10. The standard InChI is InChI=1S/C16H30N4O6/c1-6-7-13(21)18(4)11(8-9-20(25)26)15(23)19(5)12(14(17)22)10-16(2,3)24/h11-12,24H,6-10H2,1-5H3,(H2,17,22)/t11?,12-/m0/s1. The Morgan fingerprint density at radius 2 is 1.73 bits per heavy atom. The molecule has 0 heterocycles. The summed E-state index contributed by atoms with van der Waals surface area (Å²) in [7, 11) is 2.74. The van der Waals surface area contributed by atoms with Gasteiger partial charge in [0.05, 0.1) is 5.60 Å². The van der Waals surface area contributed by atoms with Crippen molar-refractivity contribution in [3.63, 3.8) is 0 Å². The lowest BCUT2D eigenvalue weighted by molar-refractivity contribution is -0.481. The number of aliphatic hydroxyl groups is 1. The second kappa shape index (κ2) is 10.0. The van der Waals surface area contributed by atoms with Gasteiger partial charge in [-0.25, -0.2) is 0 Å². The topological polar surface area (TPSA) is 147 Å². The fraction of sp³-hybridized carbons (Fsp3) is 0.812. The predicted octanol–water partition coefficient (Wildman–Crippen LogP) is -0.246. The maximum absolute atomic E-state index is 12.9. The molecule has 0 aromatic heterocycles. The van der Waals surface area contributed by atoms with Gasteiger partial charge in [0, 0.05) is 38.3 Å². The summed E-state index contributed by atoms with van der Waals surface area (Å²) >= 11 is 0. The van der Waals surface area contributed by atoms with Crippen molar-refractivity contribution in [1.29, 1.82) is 0 Å². The van der Waals surface area contributed by atoms with Crippen LogP contribution in [0.5, 0.6) is 0 Å². The molecule has 26 heavy (non-hydrogen) atoms. The maximum Gasteiger partial charge on any atom is 0.246 e. The first-order valence-corrected chi connectivity index (χ1v) is 8.47. The molecule has 0 rings (SSSR count). The molecular formula is C16H30N4O6. The Morgan fingerprint density at radius 3 is 2.12 bits per heavy atom. The van der Waals surface area contributed by atoms with Gasteiger partial charge in [0.25, 0.3) is 0 Å². The van der Waals surface area contributed by atoms with Gasteiger partial charge in [-0.2, -0.15) is 0 Å². The van der Waals surface area contributed by atoms with Crippen molar-refractivity contribution < 1.29 is 24.4 Å². The van der Waals surface area contributed by atoms with E-state index in [-0.39, 0.29) is 25.2 Å². The van der Waals surface area contributed by atoms with E-state index in [1.54, 1.807) is 6.92 Å². The lowest BCUT2D eigenvalue weighted by atomic mass is 9.97. The molecule has 150 valence electrons. The minimum Gasteiger partial charge on any atom is -0.390 e. The van der Waals surface area contributed by atoms with Gasteiger partial charge >= 0.3 is 0 Å². The number of nitrogens with two attached hydrogens (primary N) is 1. The molecule has 0 saturated heterocycles. The molecular weight excluding hydrogens is 344 g/mol. The van der Waals surface area contributed by atoms with Crippen LogP contribution in [0.4, 0.5) is 0 Å². The van der Waals surface area contributed by atoms with Crippen LogP contribution in [0.15, 0.2) is 0 Å². The minimum absolute atomic E-state index is 0.0981. The molecule has 0 spiro atoms. The zero-order valence-corrected chi connectivity index (χ0v) is 16.1. The number of likely N-dealkylation sites (N-methyl/N-ethyl adjacent to an activating group) is 2. The first kappa shape index (κ1) is 23.8. The van der Waals surface area contributed by atoms with Gasteiger partial charge in [0.2, 0.25) is 24.3 Å². The van der Waals surface area contributed by atoms with Crippen LogP contribution < -0.4 is 5.73 Å². The normalized spacial score (nSPS) is 13.6. The van der Waals surface area contributed by atoms with Gasteiger partial charge in [0.15, 0.2) is 0 Å². The Hall–Kier alpha value is -2.23. The third kappa shape index (κ3) is 7.77. The van der Waals surface area contributed by atoms with Gasteiger partial charge in [-0.15, -0.1) is 0 Å². The number of primary amides is 1. The number of amides is 3. The highest BCUT2D eigenvalue weighted by atomic mass is 16.6. The summed E-state index contributed by atoms with van der Waals surface area (Å²) in [4.78, 5) is 49.1. The fourth-order valence-corrected chi connectivity index (χ4v) is 2.56. The number of nitro groups is 1. The summed E-state index contributed by atoms with van der Waals surface area (Å²) in [6.45, 7) is 4.25. The van der Waals surface area contributed by atoms with Crippen LogP contribution in [0.1, 0.15) is 46.5 Å². The summed E-state index contributed by atoms with van der Waals surface area (Å²) in [5, 5.41) is 20.7. The van der Waals surface area contributed by atoms with Gasteiger partial charge in [-0.3, -0.25) is 24.5 Å². The molecule has 10 nitrogen and oxygen atoms in total. The average molecular weight is 374 g/mol. The quantitative estimate of drug-likeness (QED) is 0.376. The van der Waals surface area contributed by atoms with Gasteiger partial charge in [-0.1, -0.05) is 6.92 Å². The van der Waals surface area contributed by atoms with Crippen LogP contribution in [0.2, 0.25) is 0 Å². The third-order valence-corrected chi connectivity index (χ3v) is 4.03. The van der Waals surface area contributed by atoms with E-state index in [1.807, 2.05) is 0 Å². The van der Waals surface area contributed by atoms with Crippen molar-refractivity contribution >= 4 is 17.7 Å². The number of nitrogens with zero attached hydrogens (tertiary/aromatic N) is 3. The molecule has 0 fully saturated rings. The fourth-order valence-electron chi connectivity index (χ4n) is 2.56. The van der Waals surface area contributed by atoms with Crippen LogP contribution in [0.25, 0.3) is 0 Å². The number of hydrogen-bond acceptors (Lipinski definition) is 6. The van der Waals surface area contributed by atoms with E-state index in [0.717, 1.165) is 4.90 Å². The van der Waals surface area contributed by atoms with E-state index in [4.69, 9.17) is 5.73 Å². The Labute approximate surface area is 153 Å². The van der Waals surface area contributed by atoms with Crippen LogP contribution in [0, 0.1) is 10.1 Å². The highest BCUT2D eigenvalue weighted by Crippen LogP contribution is 2.18. The summed E-state index contributed by atoms with van der Waals surface area (Å²) in [6, 6.07) is -2.19. The summed E-state index contributed by atoms with van der Waals surface area (Å²) in [6.07, 6.45) is 0.485. The van der Waals surface area contributed by atoms with Gasteiger partial charge in [-0.05, 0) is 20.3 Å².